The smallest absolute Gasteiger partial charge is 0.250 e. The summed E-state index contributed by atoms with van der Waals surface area (Å²) < 4.78 is 0. The van der Waals surface area contributed by atoms with Crippen LogP contribution in [0.4, 0.5) is 0 Å². The Hall–Kier alpha value is -1.29. The van der Waals surface area contributed by atoms with Gasteiger partial charge in [0.25, 0.3) is 0 Å². The zero-order chi connectivity index (χ0) is 8.55. The molecule has 1 aliphatic heterocycles. The van der Waals surface area contributed by atoms with Crippen molar-refractivity contribution >= 4 is 5.91 Å². The summed E-state index contributed by atoms with van der Waals surface area (Å²) >= 11 is 0. The van der Waals surface area contributed by atoms with Gasteiger partial charge in [-0.15, -0.1) is 0 Å². The summed E-state index contributed by atoms with van der Waals surface area (Å²) in [5.74, 6) is -0.321. The number of primary amides is 1. The highest BCUT2D eigenvalue weighted by Gasteiger charge is 2.36. The molecule has 2 atom stereocenters. The van der Waals surface area contributed by atoms with Crippen LogP contribution in [-0.2, 0) is 9.63 Å². The fourth-order valence-electron chi connectivity index (χ4n) is 1.51. The highest BCUT2D eigenvalue weighted by Crippen LogP contribution is 2.28. The number of carbonyl (C=O) groups excluding carboxylic acids is 1. The standard InChI is InChI=1S/C8H10N2O2/c9-8(11)7-5-3-1-2-4-6(5)10-12-7/h1-2,4-5,7,10H,3H2,(H2,9,11). The maximum Gasteiger partial charge on any atom is 0.250 e. The zero-order valence-electron chi connectivity index (χ0n) is 6.49. The molecule has 2 rings (SSSR count). The van der Waals surface area contributed by atoms with Crippen LogP contribution in [0.5, 0.6) is 0 Å². The zero-order valence-corrected chi connectivity index (χ0v) is 6.49. The van der Waals surface area contributed by atoms with Crippen LogP contribution < -0.4 is 11.2 Å². The van der Waals surface area contributed by atoms with Gasteiger partial charge >= 0.3 is 0 Å². The van der Waals surface area contributed by atoms with Gasteiger partial charge in [0.2, 0.25) is 5.91 Å². The molecule has 64 valence electrons. The molecule has 1 fully saturated rings. The number of nitrogens with two attached hydrogens (primary N) is 1. The topological polar surface area (TPSA) is 64.4 Å². The third-order valence-corrected chi connectivity index (χ3v) is 2.15. The molecule has 1 heterocycles. The largest absolute Gasteiger partial charge is 0.367 e. The summed E-state index contributed by atoms with van der Waals surface area (Å²) in [7, 11) is 0. The molecular weight excluding hydrogens is 156 g/mol. The van der Waals surface area contributed by atoms with Gasteiger partial charge in [-0.1, -0.05) is 12.2 Å². The van der Waals surface area contributed by atoms with Crippen LogP contribution in [-0.4, -0.2) is 12.0 Å². The summed E-state index contributed by atoms with van der Waals surface area (Å²) in [4.78, 5) is 15.9. The van der Waals surface area contributed by atoms with Crippen LogP contribution in [0, 0.1) is 5.92 Å². The first-order valence-electron chi connectivity index (χ1n) is 3.87. The van der Waals surface area contributed by atoms with Crippen LogP contribution in [0.3, 0.4) is 0 Å². The molecule has 4 nitrogen and oxygen atoms in total. The van der Waals surface area contributed by atoms with E-state index in [1.807, 2.05) is 18.2 Å². The first-order chi connectivity index (χ1) is 5.79. The van der Waals surface area contributed by atoms with Crippen molar-refractivity contribution in [3.63, 3.8) is 0 Å². The van der Waals surface area contributed by atoms with Gasteiger partial charge in [0.1, 0.15) is 0 Å². The van der Waals surface area contributed by atoms with E-state index < -0.39 is 12.0 Å². The van der Waals surface area contributed by atoms with Crippen molar-refractivity contribution in [1.82, 2.24) is 5.48 Å². The Morgan fingerprint density at radius 2 is 2.58 bits per heavy atom. The van der Waals surface area contributed by atoms with Gasteiger partial charge in [0, 0.05) is 11.6 Å². The van der Waals surface area contributed by atoms with Crippen LogP contribution in [0.1, 0.15) is 6.42 Å². The van der Waals surface area contributed by atoms with Crippen molar-refractivity contribution in [3.05, 3.63) is 23.9 Å². The second kappa shape index (κ2) is 2.64. The molecule has 0 aromatic heterocycles. The number of nitrogens with one attached hydrogen (secondary N) is 1. The van der Waals surface area contributed by atoms with Crippen molar-refractivity contribution in [3.8, 4) is 0 Å². The Bertz CT molecular complexity index is 270. The Kier molecular flexibility index (Phi) is 1.62. The van der Waals surface area contributed by atoms with E-state index in [9.17, 15) is 4.79 Å². The highest BCUT2D eigenvalue weighted by molar-refractivity contribution is 5.80. The molecule has 0 aromatic rings. The molecule has 2 unspecified atom stereocenters. The number of hydroxylamine groups is 1. The van der Waals surface area contributed by atoms with Crippen molar-refractivity contribution < 1.29 is 9.63 Å². The second-order valence-corrected chi connectivity index (χ2v) is 2.94. The number of hydrogen-bond donors (Lipinski definition) is 2. The first kappa shape index (κ1) is 7.36. The van der Waals surface area contributed by atoms with Crippen molar-refractivity contribution in [1.29, 1.82) is 0 Å². The van der Waals surface area contributed by atoms with Crippen LogP contribution in [0.15, 0.2) is 23.9 Å². The lowest BCUT2D eigenvalue weighted by Gasteiger charge is -2.13. The lowest BCUT2D eigenvalue weighted by molar-refractivity contribution is -0.131. The Morgan fingerprint density at radius 3 is 3.33 bits per heavy atom. The minimum Gasteiger partial charge on any atom is -0.367 e. The first-order valence-corrected chi connectivity index (χ1v) is 3.87. The number of rotatable bonds is 1. The lowest BCUT2D eigenvalue weighted by Crippen LogP contribution is -2.33. The van der Waals surface area contributed by atoms with Gasteiger partial charge in [-0.05, 0) is 12.5 Å². The van der Waals surface area contributed by atoms with Gasteiger partial charge < -0.3 is 5.73 Å². The van der Waals surface area contributed by atoms with E-state index in [4.69, 9.17) is 10.6 Å². The number of carbonyl (C=O) groups is 1. The minimum atomic E-state index is -0.513. The van der Waals surface area contributed by atoms with E-state index in [0.29, 0.717) is 0 Å². The molecule has 3 N–H and O–H groups in total. The fraction of sp³-hybridized carbons (Fsp3) is 0.375. The molecule has 0 aromatic carbocycles. The second-order valence-electron chi connectivity index (χ2n) is 2.94. The van der Waals surface area contributed by atoms with Gasteiger partial charge in [-0.2, -0.15) is 0 Å². The summed E-state index contributed by atoms with van der Waals surface area (Å²) in [6, 6.07) is 0. The average molecular weight is 166 g/mol. The van der Waals surface area contributed by atoms with E-state index in [-0.39, 0.29) is 5.92 Å². The summed E-state index contributed by atoms with van der Waals surface area (Å²) in [6.45, 7) is 0. The number of hydrogen-bond acceptors (Lipinski definition) is 3. The predicted octanol–water partition coefficient (Wildman–Crippen LogP) is -0.165. The highest BCUT2D eigenvalue weighted by atomic mass is 16.7. The Balaban J connectivity index is 2.20. The maximum absolute atomic E-state index is 10.9. The third kappa shape index (κ3) is 1.00. The van der Waals surface area contributed by atoms with E-state index in [2.05, 4.69) is 5.48 Å². The average Bonchev–Trinajstić information content (AvgIpc) is 2.47. The molecule has 0 bridgehead atoms. The van der Waals surface area contributed by atoms with Crippen LogP contribution >= 0.6 is 0 Å². The van der Waals surface area contributed by atoms with Gasteiger partial charge in [0.15, 0.2) is 6.10 Å². The molecule has 1 aliphatic carbocycles. The molecule has 0 saturated carbocycles. The third-order valence-electron chi connectivity index (χ3n) is 2.15. The molecule has 0 spiro atoms. The fourth-order valence-corrected chi connectivity index (χ4v) is 1.51. The SMILES string of the molecule is NC(=O)C1ONC2=CC=CCC21. The van der Waals surface area contributed by atoms with Crippen molar-refractivity contribution in [2.45, 2.75) is 12.5 Å². The number of amides is 1. The maximum atomic E-state index is 10.9. The predicted molar refractivity (Wildman–Crippen MR) is 42.5 cm³/mol. The quantitative estimate of drug-likeness (QED) is 0.568. The van der Waals surface area contributed by atoms with Crippen molar-refractivity contribution in [2.75, 3.05) is 0 Å². The monoisotopic (exact) mass is 166 g/mol. The molecule has 2 aliphatic rings. The normalized spacial score (nSPS) is 32.2. The van der Waals surface area contributed by atoms with Gasteiger partial charge in [-0.3, -0.25) is 15.1 Å². The summed E-state index contributed by atoms with van der Waals surface area (Å²) in [6.07, 6.45) is 6.14. The van der Waals surface area contributed by atoms with Gasteiger partial charge in [-0.25, -0.2) is 0 Å². The van der Waals surface area contributed by atoms with Crippen molar-refractivity contribution in [2.24, 2.45) is 11.7 Å². The van der Waals surface area contributed by atoms with Crippen LogP contribution in [0.25, 0.3) is 0 Å². The van der Waals surface area contributed by atoms with Gasteiger partial charge in [0.05, 0.1) is 0 Å². The van der Waals surface area contributed by atoms with E-state index in [1.54, 1.807) is 0 Å². The molecular formula is C8H10N2O2. The van der Waals surface area contributed by atoms with E-state index in [1.165, 1.54) is 0 Å². The Morgan fingerprint density at radius 1 is 1.75 bits per heavy atom. The molecule has 0 radical (unpaired) electrons. The molecule has 4 heteroatoms. The Labute approximate surface area is 70.0 Å². The van der Waals surface area contributed by atoms with E-state index in [0.717, 1.165) is 12.1 Å². The number of allylic oxidation sites excluding steroid dienone is 3. The lowest BCUT2D eigenvalue weighted by atomic mass is 9.92. The molecule has 1 amide bonds. The van der Waals surface area contributed by atoms with Crippen LogP contribution in [0.2, 0.25) is 0 Å². The summed E-state index contributed by atoms with van der Waals surface area (Å²) in [5, 5.41) is 0. The minimum absolute atomic E-state index is 0.0903. The number of fused-ring (bicyclic) bond motifs is 1. The molecule has 12 heavy (non-hydrogen) atoms. The molecule has 1 saturated heterocycles. The van der Waals surface area contributed by atoms with E-state index >= 15 is 0 Å². The summed E-state index contributed by atoms with van der Waals surface area (Å²) in [5.41, 5.74) is 8.79.